The number of benzene rings is 1. The minimum Gasteiger partial charge on any atom is -0.481 e. The smallest absolute Gasteiger partial charge is 0.381 e. The van der Waals surface area contributed by atoms with Gasteiger partial charge in [-0.25, -0.2) is 8.78 Å². The first-order chi connectivity index (χ1) is 12.5. The Kier molecular flexibility index (Phi) is 6.29. The van der Waals surface area contributed by atoms with E-state index in [4.69, 9.17) is 5.11 Å². The lowest BCUT2D eigenvalue weighted by molar-refractivity contribution is -0.372. The molecule has 1 rings (SSSR count). The molecule has 0 aliphatic carbocycles. The van der Waals surface area contributed by atoms with Crippen molar-refractivity contribution in [2.24, 2.45) is 0 Å². The molecular weight excluding hydrogens is 428 g/mol. The van der Waals surface area contributed by atoms with Gasteiger partial charge in [0.2, 0.25) is 11.6 Å². The van der Waals surface area contributed by atoms with Gasteiger partial charge < -0.3 is 9.84 Å². The molecule has 0 radical (unpaired) electrons. The van der Waals surface area contributed by atoms with Crippen LogP contribution in [-0.4, -0.2) is 42.0 Å². The highest BCUT2D eigenvalue weighted by atomic mass is 19.4. The van der Waals surface area contributed by atoms with Gasteiger partial charge in [0, 0.05) is 0 Å². The summed E-state index contributed by atoms with van der Waals surface area (Å²) in [5.74, 6) is -37.8. The average Bonchev–Trinajstić information content (AvgIpc) is 2.59. The van der Waals surface area contributed by atoms with Crippen molar-refractivity contribution in [1.82, 2.24) is 0 Å². The zero-order chi connectivity index (χ0) is 22.3. The normalized spacial score (nSPS) is 13.6. The van der Waals surface area contributed by atoms with Crippen LogP contribution in [-0.2, 0) is 0 Å². The molecule has 0 saturated heterocycles. The fourth-order valence-electron chi connectivity index (χ4n) is 1.75. The van der Waals surface area contributed by atoms with Gasteiger partial charge in [0.15, 0.2) is 24.0 Å². The van der Waals surface area contributed by atoms with Crippen LogP contribution >= 0.6 is 0 Å². The van der Waals surface area contributed by atoms with Crippen molar-refractivity contribution in [3.8, 4) is 5.75 Å². The van der Waals surface area contributed by atoms with Crippen molar-refractivity contribution in [2.75, 3.05) is 13.2 Å². The SMILES string of the molecule is C=Cc1c(F)c(F)c(OCC(F)(F)C(F)(F)C(F)(F)C(F)(F)CO)c(F)c1F. The van der Waals surface area contributed by atoms with Crippen LogP contribution in [0.4, 0.5) is 52.7 Å². The van der Waals surface area contributed by atoms with E-state index in [0.29, 0.717) is 0 Å². The van der Waals surface area contributed by atoms with Gasteiger partial charge in [0.25, 0.3) is 0 Å². The molecule has 0 spiro atoms. The first kappa shape index (κ1) is 23.9. The van der Waals surface area contributed by atoms with E-state index in [2.05, 4.69) is 11.3 Å². The minimum absolute atomic E-state index is 0.265. The summed E-state index contributed by atoms with van der Waals surface area (Å²) in [6.45, 7) is -3.24. The minimum atomic E-state index is -6.92. The fraction of sp³-hybridized carbons (Fsp3) is 0.429. The summed E-state index contributed by atoms with van der Waals surface area (Å²) in [6.07, 6.45) is 0.265. The zero-order valence-electron chi connectivity index (χ0n) is 13.1. The molecule has 1 aromatic rings. The Morgan fingerprint density at radius 1 is 0.750 bits per heavy atom. The molecule has 0 saturated carbocycles. The molecule has 14 heteroatoms. The number of hydrogen-bond donors (Lipinski definition) is 1. The van der Waals surface area contributed by atoms with Crippen molar-refractivity contribution in [3.05, 3.63) is 35.4 Å². The second kappa shape index (κ2) is 7.37. The van der Waals surface area contributed by atoms with Gasteiger partial charge >= 0.3 is 23.7 Å². The zero-order valence-corrected chi connectivity index (χ0v) is 13.1. The third-order valence-corrected chi connectivity index (χ3v) is 3.37. The van der Waals surface area contributed by atoms with Gasteiger partial charge in [-0.1, -0.05) is 12.7 Å². The molecule has 0 aromatic heterocycles. The molecule has 0 bridgehead atoms. The second-order valence-corrected chi connectivity index (χ2v) is 5.21. The van der Waals surface area contributed by atoms with Crippen LogP contribution in [0.3, 0.4) is 0 Å². The summed E-state index contributed by atoms with van der Waals surface area (Å²) in [6, 6.07) is 0. The summed E-state index contributed by atoms with van der Waals surface area (Å²) in [5, 5.41) is 8.02. The maximum absolute atomic E-state index is 13.6. The molecule has 2 nitrogen and oxygen atoms in total. The Morgan fingerprint density at radius 2 is 1.14 bits per heavy atom. The maximum atomic E-state index is 13.6. The number of halogens is 12. The lowest BCUT2D eigenvalue weighted by Crippen LogP contribution is -2.64. The van der Waals surface area contributed by atoms with Crippen molar-refractivity contribution in [3.63, 3.8) is 0 Å². The molecule has 0 heterocycles. The van der Waals surface area contributed by atoms with Gasteiger partial charge in [-0.3, -0.25) is 0 Å². The van der Waals surface area contributed by atoms with Crippen LogP contribution < -0.4 is 4.74 Å². The van der Waals surface area contributed by atoms with Gasteiger partial charge in [0.1, 0.15) is 6.61 Å². The van der Waals surface area contributed by atoms with Crippen LogP contribution in [0.2, 0.25) is 0 Å². The Morgan fingerprint density at radius 3 is 1.50 bits per heavy atom. The number of hydrogen-bond acceptors (Lipinski definition) is 2. The van der Waals surface area contributed by atoms with Crippen LogP contribution in [0.25, 0.3) is 6.08 Å². The van der Waals surface area contributed by atoms with E-state index in [0.717, 1.165) is 0 Å². The van der Waals surface area contributed by atoms with Crippen molar-refractivity contribution < 1.29 is 62.5 Å². The molecule has 0 fully saturated rings. The van der Waals surface area contributed by atoms with Crippen molar-refractivity contribution >= 4 is 6.08 Å². The van der Waals surface area contributed by atoms with Gasteiger partial charge in [0.05, 0.1) is 5.56 Å². The van der Waals surface area contributed by atoms with E-state index < -0.39 is 71.5 Å². The Hall–Kier alpha value is -2.12. The molecular formula is C14H8F12O2. The van der Waals surface area contributed by atoms with E-state index in [9.17, 15) is 52.7 Å². The third-order valence-electron chi connectivity index (χ3n) is 3.37. The quantitative estimate of drug-likeness (QED) is 0.469. The molecule has 0 aliphatic heterocycles. The molecule has 0 aliphatic rings. The van der Waals surface area contributed by atoms with Crippen LogP contribution in [0.5, 0.6) is 5.75 Å². The Balaban J connectivity index is 3.31. The number of alkyl halides is 8. The highest BCUT2D eigenvalue weighted by molar-refractivity contribution is 5.52. The summed E-state index contributed by atoms with van der Waals surface area (Å²) < 4.78 is 163. The molecule has 160 valence electrons. The Labute approximate surface area is 148 Å². The average molecular weight is 436 g/mol. The fourth-order valence-corrected chi connectivity index (χ4v) is 1.75. The predicted octanol–water partition coefficient (Wildman–Crippen LogP) is 4.80. The summed E-state index contributed by atoms with van der Waals surface area (Å²) in [5.41, 5.74) is -1.42. The topological polar surface area (TPSA) is 29.5 Å². The van der Waals surface area contributed by atoms with E-state index in [-0.39, 0.29) is 6.08 Å². The third kappa shape index (κ3) is 3.49. The Bertz CT molecular complexity index is 730. The molecule has 1 aromatic carbocycles. The first-order valence-electron chi connectivity index (χ1n) is 6.73. The number of ether oxygens (including phenoxy) is 1. The maximum Gasteiger partial charge on any atom is 0.381 e. The van der Waals surface area contributed by atoms with Crippen LogP contribution in [0.1, 0.15) is 5.56 Å². The van der Waals surface area contributed by atoms with E-state index >= 15 is 0 Å². The molecule has 0 atom stereocenters. The summed E-state index contributed by atoms with van der Waals surface area (Å²) >= 11 is 0. The highest BCUT2D eigenvalue weighted by Crippen LogP contribution is 2.52. The largest absolute Gasteiger partial charge is 0.481 e. The number of rotatable bonds is 8. The molecule has 28 heavy (non-hydrogen) atoms. The van der Waals surface area contributed by atoms with Crippen LogP contribution in [0, 0.1) is 23.3 Å². The highest BCUT2D eigenvalue weighted by Gasteiger charge is 2.80. The lowest BCUT2D eigenvalue weighted by Gasteiger charge is -2.35. The molecule has 1 N–H and O–H groups in total. The van der Waals surface area contributed by atoms with Crippen molar-refractivity contribution in [1.29, 1.82) is 0 Å². The molecule has 0 amide bonds. The summed E-state index contributed by atoms with van der Waals surface area (Å²) in [4.78, 5) is 0. The van der Waals surface area contributed by atoms with E-state index in [1.165, 1.54) is 0 Å². The van der Waals surface area contributed by atoms with Crippen LogP contribution in [0.15, 0.2) is 6.58 Å². The van der Waals surface area contributed by atoms with Crippen molar-refractivity contribution in [2.45, 2.75) is 23.7 Å². The number of aliphatic hydroxyl groups excluding tert-OH is 1. The van der Waals surface area contributed by atoms with Gasteiger partial charge in [-0.15, -0.1) is 0 Å². The summed E-state index contributed by atoms with van der Waals surface area (Å²) in [7, 11) is 0. The van der Waals surface area contributed by atoms with Gasteiger partial charge in [-0.2, -0.15) is 43.9 Å². The first-order valence-corrected chi connectivity index (χ1v) is 6.73. The molecule has 0 unspecified atom stereocenters. The van der Waals surface area contributed by atoms with E-state index in [1.54, 1.807) is 0 Å². The monoisotopic (exact) mass is 436 g/mol. The number of aliphatic hydroxyl groups is 1. The second-order valence-electron chi connectivity index (χ2n) is 5.21. The van der Waals surface area contributed by atoms with E-state index in [1.807, 2.05) is 0 Å². The lowest BCUT2D eigenvalue weighted by atomic mass is 9.99. The standard InChI is InChI=1S/C14H8F12O2/c1-2-5-6(15)8(17)10(9(18)7(5)16)28-4-12(21,22)14(25,26)13(23,24)11(19,20)3-27/h2,27H,1,3-4H2. The van der Waals surface area contributed by atoms with Gasteiger partial charge in [-0.05, 0) is 0 Å². The predicted molar refractivity (Wildman–Crippen MR) is 68.7 cm³/mol.